The smallest absolute Gasteiger partial charge is 0.221 e. The summed E-state index contributed by atoms with van der Waals surface area (Å²) in [5, 5.41) is 8.47. The highest BCUT2D eigenvalue weighted by atomic mass is 15.2. The molecule has 204 valence electrons. The molecular formula is C40H24N4. The van der Waals surface area contributed by atoms with Gasteiger partial charge in [0.2, 0.25) is 5.95 Å². The lowest BCUT2D eigenvalue weighted by atomic mass is 9.93. The van der Waals surface area contributed by atoms with Crippen molar-refractivity contribution >= 4 is 70.9 Å². The van der Waals surface area contributed by atoms with Crippen molar-refractivity contribution in [3.05, 3.63) is 146 Å². The van der Waals surface area contributed by atoms with Gasteiger partial charge in [0.05, 0.1) is 27.6 Å². The molecule has 44 heavy (non-hydrogen) atoms. The van der Waals surface area contributed by atoms with E-state index in [1.165, 1.54) is 43.4 Å². The molecule has 0 aliphatic heterocycles. The SMILES string of the molecule is c1ccc2c(c1)cc(-c1ccc3c4ccccc4n(-c4nc5ccccc5c5nc6ccccc6n45)c3c1)c1ccccc12. The number of rotatable bonds is 2. The van der Waals surface area contributed by atoms with Gasteiger partial charge in [0, 0.05) is 16.2 Å². The molecule has 7 aromatic carbocycles. The van der Waals surface area contributed by atoms with E-state index < -0.39 is 0 Å². The first-order chi connectivity index (χ1) is 21.8. The quantitative estimate of drug-likeness (QED) is 0.197. The third-order valence-corrected chi connectivity index (χ3v) is 9.08. The first-order valence-electron chi connectivity index (χ1n) is 14.9. The number of hydrogen-bond donors (Lipinski definition) is 0. The molecule has 10 aromatic rings. The number of para-hydroxylation sites is 4. The van der Waals surface area contributed by atoms with Gasteiger partial charge in [-0.25, -0.2) is 9.97 Å². The fourth-order valence-corrected chi connectivity index (χ4v) is 7.12. The second-order valence-electron chi connectivity index (χ2n) is 11.5. The summed E-state index contributed by atoms with van der Waals surface area (Å²) in [5.74, 6) is 0.833. The molecular weight excluding hydrogens is 536 g/mol. The Morgan fingerprint density at radius 2 is 1.05 bits per heavy atom. The zero-order valence-electron chi connectivity index (χ0n) is 23.6. The molecule has 0 saturated carbocycles. The van der Waals surface area contributed by atoms with Crippen LogP contribution in [-0.4, -0.2) is 18.9 Å². The minimum atomic E-state index is 0.833. The van der Waals surface area contributed by atoms with Crippen molar-refractivity contribution in [2.24, 2.45) is 0 Å². The highest BCUT2D eigenvalue weighted by molar-refractivity contribution is 6.15. The Kier molecular flexibility index (Phi) is 4.69. The van der Waals surface area contributed by atoms with Crippen molar-refractivity contribution in [1.82, 2.24) is 18.9 Å². The Balaban J connectivity index is 1.36. The Labute approximate surface area is 252 Å². The summed E-state index contributed by atoms with van der Waals surface area (Å²) in [6.07, 6.45) is 0. The maximum Gasteiger partial charge on any atom is 0.221 e. The molecule has 0 spiro atoms. The molecule has 0 amide bonds. The van der Waals surface area contributed by atoms with Crippen molar-refractivity contribution in [3.63, 3.8) is 0 Å². The van der Waals surface area contributed by atoms with Gasteiger partial charge in [0.25, 0.3) is 0 Å². The van der Waals surface area contributed by atoms with Gasteiger partial charge >= 0.3 is 0 Å². The van der Waals surface area contributed by atoms with Crippen molar-refractivity contribution in [3.8, 4) is 17.1 Å². The van der Waals surface area contributed by atoms with Gasteiger partial charge in [0.1, 0.15) is 5.65 Å². The van der Waals surface area contributed by atoms with E-state index >= 15 is 0 Å². The highest BCUT2D eigenvalue weighted by Crippen LogP contribution is 2.39. The molecule has 0 aliphatic rings. The Hall–Kier alpha value is -6.00. The molecule has 0 aliphatic carbocycles. The molecule has 3 aromatic heterocycles. The maximum absolute atomic E-state index is 5.35. The Morgan fingerprint density at radius 3 is 1.91 bits per heavy atom. The summed E-state index contributed by atoms with van der Waals surface area (Å²) in [7, 11) is 0. The van der Waals surface area contributed by atoms with Gasteiger partial charge in [-0.3, -0.25) is 8.97 Å². The monoisotopic (exact) mass is 560 g/mol. The zero-order valence-corrected chi connectivity index (χ0v) is 23.6. The second kappa shape index (κ2) is 8.76. The number of nitrogens with zero attached hydrogens (tertiary/aromatic N) is 4. The average molecular weight is 561 g/mol. The molecule has 10 rings (SSSR count). The minimum absolute atomic E-state index is 0.833. The van der Waals surface area contributed by atoms with E-state index in [9.17, 15) is 0 Å². The summed E-state index contributed by atoms with van der Waals surface area (Å²) >= 11 is 0. The molecule has 4 heteroatoms. The van der Waals surface area contributed by atoms with Gasteiger partial charge in [-0.1, -0.05) is 103 Å². The van der Waals surface area contributed by atoms with Gasteiger partial charge < -0.3 is 0 Å². The molecule has 0 N–H and O–H groups in total. The van der Waals surface area contributed by atoms with Crippen LogP contribution in [-0.2, 0) is 0 Å². The average Bonchev–Trinajstić information content (AvgIpc) is 3.64. The standard InChI is InChI=1S/C40H24N4/c1-2-12-27-25(11-1)23-33(29-14-4-3-13-28(27)29)26-21-22-31-30-15-6-9-19-36(30)43(38(31)24-26)40-42-34-17-7-5-16-32(34)39-41-35-18-8-10-20-37(35)44(39)40/h1-24H. The van der Waals surface area contributed by atoms with Gasteiger partial charge in [-0.05, 0) is 75.1 Å². The largest absolute Gasteiger partial charge is 0.279 e. The van der Waals surface area contributed by atoms with Gasteiger partial charge in [0.15, 0.2) is 0 Å². The molecule has 0 bridgehead atoms. The highest BCUT2D eigenvalue weighted by Gasteiger charge is 2.20. The topological polar surface area (TPSA) is 35.1 Å². The Morgan fingerprint density at radius 1 is 0.409 bits per heavy atom. The summed E-state index contributed by atoms with van der Waals surface area (Å²) < 4.78 is 4.55. The van der Waals surface area contributed by atoms with E-state index in [2.05, 4.69) is 142 Å². The van der Waals surface area contributed by atoms with Crippen LogP contribution in [0.25, 0.3) is 88.0 Å². The van der Waals surface area contributed by atoms with Crippen LogP contribution in [0, 0.1) is 0 Å². The number of benzene rings is 7. The molecule has 0 unspecified atom stereocenters. The predicted octanol–water partition coefficient (Wildman–Crippen LogP) is 10.1. The van der Waals surface area contributed by atoms with Crippen molar-refractivity contribution in [2.75, 3.05) is 0 Å². The van der Waals surface area contributed by atoms with Crippen LogP contribution in [0.5, 0.6) is 0 Å². The van der Waals surface area contributed by atoms with Crippen molar-refractivity contribution < 1.29 is 0 Å². The van der Waals surface area contributed by atoms with Crippen LogP contribution in [0.15, 0.2) is 146 Å². The van der Waals surface area contributed by atoms with E-state index in [1.807, 2.05) is 12.1 Å². The third kappa shape index (κ3) is 3.17. The lowest BCUT2D eigenvalue weighted by Crippen LogP contribution is -2.06. The van der Waals surface area contributed by atoms with Crippen LogP contribution in [0.2, 0.25) is 0 Å². The van der Waals surface area contributed by atoms with Crippen LogP contribution >= 0.6 is 0 Å². The zero-order chi connectivity index (χ0) is 28.8. The van der Waals surface area contributed by atoms with Crippen molar-refractivity contribution in [2.45, 2.75) is 0 Å². The van der Waals surface area contributed by atoms with Crippen molar-refractivity contribution in [1.29, 1.82) is 0 Å². The van der Waals surface area contributed by atoms with Gasteiger partial charge in [-0.2, -0.15) is 0 Å². The molecule has 0 atom stereocenters. The fraction of sp³-hybridized carbons (Fsp3) is 0. The molecule has 0 saturated heterocycles. The third-order valence-electron chi connectivity index (χ3n) is 9.08. The number of aromatic nitrogens is 4. The lowest BCUT2D eigenvalue weighted by Gasteiger charge is -2.14. The van der Waals surface area contributed by atoms with Crippen LogP contribution < -0.4 is 0 Å². The van der Waals surface area contributed by atoms with Crippen LogP contribution in [0.4, 0.5) is 0 Å². The van der Waals surface area contributed by atoms with E-state index in [4.69, 9.17) is 9.97 Å². The summed E-state index contributed by atoms with van der Waals surface area (Å²) in [4.78, 5) is 10.5. The number of hydrogen-bond acceptors (Lipinski definition) is 2. The second-order valence-corrected chi connectivity index (χ2v) is 11.5. The first-order valence-corrected chi connectivity index (χ1v) is 14.9. The summed E-state index contributed by atoms with van der Waals surface area (Å²) in [6, 6.07) is 51.9. The molecule has 4 nitrogen and oxygen atoms in total. The fourth-order valence-electron chi connectivity index (χ4n) is 7.12. The first kappa shape index (κ1) is 23.6. The predicted molar refractivity (Wildman–Crippen MR) is 183 cm³/mol. The normalized spacial score (nSPS) is 12.1. The van der Waals surface area contributed by atoms with Crippen LogP contribution in [0.3, 0.4) is 0 Å². The molecule has 0 radical (unpaired) electrons. The van der Waals surface area contributed by atoms with E-state index in [1.54, 1.807) is 0 Å². The van der Waals surface area contributed by atoms with E-state index in [0.717, 1.165) is 44.6 Å². The van der Waals surface area contributed by atoms with E-state index in [-0.39, 0.29) is 0 Å². The minimum Gasteiger partial charge on any atom is -0.279 e. The molecule has 0 fully saturated rings. The van der Waals surface area contributed by atoms with Crippen LogP contribution in [0.1, 0.15) is 0 Å². The number of imidazole rings is 1. The van der Waals surface area contributed by atoms with E-state index in [0.29, 0.717) is 0 Å². The Bertz CT molecular complexity index is 2780. The lowest BCUT2D eigenvalue weighted by molar-refractivity contribution is 0.979. The van der Waals surface area contributed by atoms with Gasteiger partial charge in [-0.15, -0.1) is 0 Å². The maximum atomic E-state index is 5.35. The molecule has 3 heterocycles. The summed E-state index contributed by atoms with van der Waals surface area (Å²) in [6.45, 7) is 0. The summed E-state index contributed by atoms with van der Waals surface area (Å²) in [5.41, 5.74) is 8.46. The number of fused-ring (bicyclic) bond motifs is 11.